The minimum Gasteiger partial charge on any atom is -0.369 e. The number of hydrogen-bond donors (Lipinski definition) is 2. The Balaban J connectivity index is 2.54. The smallest absolute Gasteiger partial charge is 0.253 e. The van der Waals surface area contributed by atoms with Crippen molar-refractivity contribution in [1.29, 1.82) is 0 Å². The molecule has 1 aromatic rings. The van der Waals surface area contributed by atoms with E-state index >= 15 is 0 Å². The van der Waals surface area contributed by atoms with Gasteiger partial charge in [0.2, 0.25) is 5.91 Å². The molecule has 0 heterocycles. The van der Waals surface area contributed by atoms with E-state index in [0.29, 0.717) is 24.4 Å². The van der Waals surface area contributed by atoms with Gasteiger partial charge in [-0.3, -0.25) is 9.59 Å². The van der Waals surface area contributed by atoms with Gasteiger partial charge in [-0.2, -0.15) is 0 Å². The number of nitrogens with one attached hydrogen (secondary N) is 2. The standard InChI is InChI=1S/C17H26N2O3/c1-4-6-11-22-13(3)17(21)19-15-10-7-9-14(12-15)18-16(20)8-5-2/h7,9-10,12-13H,4-6,8,11H2,1-3H3,(H,18,20)(H,19,21). The summed E-state index contributed by atoms with van der Waals surface area (Å²) in [6, 6.07) is 7.11. The molecule has 22 heavy (non-hydrogen) atoms. The summed E-state index contributed by atoms with van der Waals surface area (Å²) in [7, 11) is 0. The summed E-state index contributed by atoms with van der Waals surface area (Å²) in [4.78, 5) is 23.6. The highest BCUT2D eigenvalue weighted by molar-refractivity contribution is 5.95. The van der Waals surface area contributed by atoms with Gasteiger partial charge in [0.05, 0.1) is 0 Å². The van der Waals surface area contributed by atoms with Crippen molar-refractivity contribution in [2.75, 3.05) is 17.2 Å². The van der Waals surface area contributed by atoms with Crippen LogP contribution in [0.3, 0.4) is 0 Å². The Hall–Kier alpha value is -1.88. The Morgan fingerprint density at radius 2 is 1.82 bits per heavy atom. The highest BCUT2D eigenvalue weighted by Gasteiger charge is 2.13. The van der Waals surface area contributed by atoms with E-state index in [4.69, 9.17) is 4.74 Å². The Kier molecular flexibility index (Phi) is 8.22. The van der Waals surface area contributed by atoms with Crippen LogP contribution in [0.15, 0.2) is 24.3 Å². The highest BCUT2D eigenvalue weighted by Crippen LogP contribution is 2.16. The molecular weight excluding hydrogens is 280 g/mol. The van der Waals surface area contributed by atoms with E-state index in [0.717, 1.165) is 19.3 Å². The predicted molar refractivity (Wildman–Crippen MR) is 88.9 cm³/mol. The van der Waals surface area contributed by atoms with Gasteiger partial charge in [-0.15, -0.1) is 0 Å². The summed E-state index contributed by atoms with van der Waals surface area (Å²) < 4.78 is 5.46. The summed E-state index contributed by atoms with van der Waals surface area (Å²) in [5.74, 6) is -0.213. The third-order valence-electron chi connectivity index (χ3n) is 3.13. The van der Waals surface area contributed by atoms with Crippen LogP contribution in [0.1, 0.15) is 46.5 Å². The zero-order valence-electron chi connectivity index (χ0n) is 13.6. The van der Waals surface area contributed by atoms with E-state index in [9.17, 15) is 9.59 Å². The van der Waals surface area contributed by atoms with Crippen LogP contribution in [0.25, 0.3) is 0 Å². The molecule has 0 radical (unpaired) electrons. The van der Waals surface area contributed by atoms with E-state index in [-0.39, 0.29) is 11.8 Å². The molecule has 1 aromatic carbocycles. The zero-order chi connectivity index (χ0) is 16.4. The Morgan fingerprint density at radius 1 is 1.14 bits per heavy atom. The summed E-state index contributed by atoms with van der Waals surface area (Å²) in [6.07, 6.45) is 2.77. The van der Waals surface area contributed by atoms with Crippen molar-refractivity contribution in [3.8, 4) is 0 Å². The fourth-order valence-corrected chi connectivity index (χ4v) is 1.85. The molecule has 5 nitrogen and oxygen atoms in total. The first-order valence-electron chi connectivity index (χ1n) is 7.89. The van der Waals surface area contributed by atoms with Gasteiger partial charge in [-0.05, 0) is 38.0 Å². The number of carbonyl (C=O) groups is 2. The second-order valence-corrected chi connectivity index (χ2v) is 5.23. The lowest BCUT2D eigenvalue weighted by atomic mass is 10.2. The second kappa shape index (κ2) is 9.95. The molecule has 1 unspecified atom stereocenters. The minimum absolute atomic E-state index is 0.0257. The number of benzene rings is 1. The maximum Gasteiger partial charge on any atom is 0.253 e. The molecular formula is C17H26N2O3. The maximum absolute atomic E-state index is 12.0. The molecule has 5 heteroatoms. The van der Waals surface area contributed by atoms with Crippen LogP contribution in [-0.2, 0) is 14.3 Å². The first kappa shape index (κ1) is 18.2. The Morgan fingerprint density at radius 3 is 2.45 bits per heavy atom. The van der Waals surface area contributed by atoms with Crippen molar-refractivity contribution in [1.82, 2.24) is 0 Å². The van der Waals surface area contributed by atoms with Gasteiger partial charge in [0.25, 0.3) is 5.91 Å². The van der Waals surface area contributed by atoms with Crippen LogP contribution < -0.4 is 10.6 Å². The molecule has 0 aliphatic carbocycles. The average molecular weight is 306 g/mol. The van der Waals surface area contributed by atoms with Gasteiger partial charge in [-0.1, -0.05) is 26.3 Å². The molecule has 1 atom stereocenters. The fraction of sp³-hybridized carbons (Fsp3) is 0.529. The molecule has 0 saturated heterocycles. The normalized spacial score (nSPS) is 11.8. The third-order valence-corrected chi connectivity index (χ3v) is 3.13. The number of amides is 2. The number of anilines is 2. The molecule has 0 bridgehead atoms. The van der Waals surface area contributed by atoms with E-state index < -0.39 is 6.10 Å². The van der Waals surface area contributed by atoms with Crippen LogP contribution in [0, 0.1) is 0 Å². The molecule has 2 amide bonds. The fourth-order valence-electron chi connectivity index (χ4n) is 1.85. The van der Waals surface area contributed by atoms with Crippen LogP contribution in [0.2, 0.25) is 0 Å². The molecule has 2 N–H and O–H groups in total. The van der Waals surface area contributed by atoms with Crippen LogP contribution in [0.5, 0.6) is 0 Å². The van der Waals surface area contributed by atoms with Gasteiger partial charge < -0.3 is 15.4 Å². The van der Waals surface area contributed by atoms with E-state index in [1.807, 2.05) is 6.92 Å². The lowest BCUT2D eigenvalue weighted by Crippen LogP contribution is -2.28. The number of hydrogen-bond acceptors (Lipinski definition) is 3. The molecule has 0 spiro atoms. The lowest BCUT2D eigenvalue weighted by Gasteiger charge is -2.14. The van der Waals surface area contributed by atoms with Crippen molar-refractivity contribution in [2.24, 2.45) is 0 Å². The average Bonchev–Trinajstić information content (AvgIpc) is 2.47. The predicted octanol–water partition coefficient (Wildman–Crippen LogP) is 3.57. The first-order valence-corrected chi connectivity index (χ1v) is 7.89. The third kappa shape index (κ3) is 6.72. The summed E-state index contributed by atoms with van der Waals surface area (Å²) in [6.45, 7) is 6.35. The monoisotopic (exact) mass is 306 g/mol. The van der Waals surface area contributed by atoms with Gasteiger partial charge in [0.1, 0.15) is 6.10 Å². The lowest BCUT2D eigenvalue weighted by molar-refractivity contribution is -0.126. The molecule has 0 aliphatic heterocycles. The maximum atomic E-state index is 12.0. The zero-order valence-corrected chi connectivity index (χ0v) is 13.6. The Labute approximate surface area is 132 Å². The number of rotatable bonds is 9. The summed E-state index contributed by atoms with van der Waals surface area (Å²) in [5, 5.41) is 5.61. The van der Waals surface area contributed by atoms with Crippen molar-refractivity contribution in [3.63, 3.8) is 0 Å². The molecule has 0 aromatic heterocycles. The van der Waals surface area contributed by atoms with Gasteiger partial charge in [-0.25, -0.2) is 0 Å². The van der Waals surface area contributed by atoms with E-state index in [2.05, 4.69) is 17.6 Å². The van der Waals surface area contributed by atoms with Gasteiger partial charge >= 0.3 is 0 Å². The number of carbonyl (C=O) groups excluding carboxylic acids is 2. The summed E-state index contributed by atoms with van der Waals surface area (Å²) >= 11 is 0. The van der Waals surface area contributed by atoms with Crippen molar-refractivity contribution < 1.29 is 14.3 Å². The van der Waals surface area contributed by atoms with Crippen molar-refractivity contribution in [3.05, 3.63) is 24.3 Å². The minimum atomic E-state index is -0.495. The molecule has 1 rings (SSSR count). The van der Waals surface area contributed by atoms with Crippen molar-refractivity contribution >= 4 is 23.2 Å². The van der Waals surface area contributed by atoms with Gasteiger partial charge in [0, 0.05) is 24.4 Å². The molecule has 0 aliphatic rings. The molecule has 122 valence electrons. The van der Waals surface area contributed by atoms with Crippen molar-refractivity contribution in [2.45, 2.75) is 52.6 Å². The second-order valence-electron chi connectivity index (χ2n) is 5.23. The van der Waals surface area contributed by atoms with Gasteiger partial charge in [0.15, 0.2) is 0 Å². The van der Waals surface area contributed by atoms with E-state index in [1.54, 1.807) is 31.2 Å². The number of ether oxygens (including phenoxy) is 1. The largest absolute Gasteiger partial charge is 0.369 e. The van der Waals surface area contributed by atoms with Crippen LogP contribution in [-0.4, -0.2) is 24.5 Å². The topological polar surface area (TPSA) is 67.4 Å². The summed E-state index contributed by atoms with van der Waals surface area (Å²) in [5.41, 5.74) is 1.32. The van der Waals surface area contributed by atoms with Crippen LogP contribution in [0.4, 0.5) is 11.4 Å². The molecule has 0 fully saturated rings. The Bertz CT molecular complexity index is 489. The van der Waals surface area contributed by atoms with Crippen LogP contribution >= 0.6 is 0 Å². The molecule has 0 saturated carbocycles. The first-order chi connectivity index (χ1) is 10.6. The highest BCUT2D eigenvalue weighted by atomic mass is 16.5. The SMILES string of the molecule is CCCCOC(C)C(=O)Nc1cccc(NC(=O)CCC)c1. The number of unbranched alkanes of at least 4 members (excludes halogenated alkanes) is 1. The quantitative estimate of drug-likeness (QED) is 0.685. The van der Waals surface area contributed by atoms with E-state index in [1.165, 1.54) is 0 Å².